The lowest BCUT2D eigenvalue weighted by molar-refractivity contribution is -0.388. The van der Waals surface area contributed by atoms with Crippen LogP contribution in [0.3, 0.4) is 0 Å². The highest BCUT2D eigenvalue weighted by atomic mass is 35.5. The summed E-state index contributed by atoms with van der Waals surface area (Å²) in [4.78, 5) is 0. The minimum Gasteiger partial charge on any atom is -0.193 e. The monoisotopic (exact) mass is 314 g/mol. The minimum absolute atomic E-state index is 0.429. The van der Waals surface area contributed by atoms with E-state index < -0.39 is 34.5 Å². The molecule has 0 aliphatic rings. The highest BCUT2D eigenvalue weighted by Gasteiger charge is 2.82. The first-order valence-corrected chi connectivity index (χ1v) is 4.21. The zero-order valence-corrected chi connectivity index (χ0v) is 8.75. The van der Waals surface area contributed by atoms with E-state index in [0.717, 1.165) is 0 Å². The first-order valence-electron chi connectivity index (χ1n) is 3.40. The molecule has 0 nitrogen and oxygen atoms in total. The fourth-order valence-electron chi connectivity index (χ4n) is 0.594. The predicted molar refractivity (Wildman–Crippen MR) is 40.7 cm³/mol. The highest BCUT2D eigenvalue weighted by molar-refractivity contribution is 6.37. The molecule has 0 atom stereocenters. The molecule has 11 heteroatoms. The number of halogens is 11. The van der Waals surface area contributed by atoms with Gasteiger partial charge in [-0.25, -0.2) is 0 Å². The predicted octanol–water partition coefficient (Wildman–Crippen LogP) is 4.77. The Balaban J connectivity index is 5.72. The molecule has 0 saturated carbocycles. The van der Waals surface area contributed by atoms with Crippen LogP contribution in [0.2, 0.25) is 0 Å². The lowest BCUT2D eigenvalue weighted by Gasteiger charge is -2.33. The maximum absolute atomic E-state index is 12.6. The molecule has 102 valence electrons. The van der Waals surface area contributed by atoms with Gasteiger partial charge in [-0.1, -0.05) is 23.2 Å². The van der Waals surface area contributed by atoms with Crippen LogP contribution in [0.1, 0.15) is 0 Å². The Morgan fingerprint density at radius 3 is 1.35 bits per heavy atom. The lowest BCUT2D eigenvalue weighted by atomic mass is 10.0. The van der Waals surface area contributed by atoms with Crippen LogP contribution in [0.4, 0.5) is 39.5 Å². The zero-order chi connectivity index (χ0) is 14.3. The molecule has 0 aromatic heterocycles. The summed E-state index contributed by atoms with van der Waals surface area (Å²) in [6.45, 7) is 0. The Bertz CT molecular complexity index is 316. The second kappa shape index (κ2) is 4.42. The molecule has 0 saturated heterocycles. The first kappa shape index (κ1) is 16.7. The molecule has 0 unspecified atom stereocenters. The average Bonchev–Trinajstić information content (AvgIpc) is 2.13. The van der Waals surface area contributed by atoms with Gasteiger partial charge in [0.2, 0.25) is 0 Å². The van der Waals surface area contributed by atoms with Crippen molar-refractivity contribution in [1.29, 1.82) is 0 Å². The Hall–Kier alpha value is -0.310. The number of alkyl halides is 9. The van der Waals surface area contributed by atoms with Crippen molar-refractivity contribution in [2.45, 2.75) is 23.9 Å². The fraction of sp³-hybridized carbons (Fsp3) is 0.667. The summed E-state index contributed by atoms with van der Waals surface area (Å²) in [6, 6.07) is 0. The third kappa shape index (κ3) is 2.44. The van der Waals surface area contributed by atoms with Crippen molar-refractivity contribution in [2.75, 3.05) is 0 Å². The Kier molecular flexibility index (Phi) is 4.34. The SMILES string of the molecule is FC(F)(F)C(F)(F)C(F)(F)C(F)(F)C(Cl)=CCl. The van der Waals surface area contributed by atoms with E-state index in [1.165, 1.54) is 0 Å². The normalized spacial score (nSPS) is 16.3. The summed E-state index contributed by atoms with van der Waals surface area (Å²) >= 11 is 8.87. The van der Waals surface area contributed by atoms with Gasteiger partial charge in [0.25, 0.3) is 0 Å². The van der Waals surface area contributed by atoms with E-state index in [2.05, 4.69) is 23.2 Å². The number of allylic oxidation sites excluding steroid dienone is 1. The Labute approximate surface area is 98.0 Å². The molecule has 0 amide bonds. The lowest BCUT2D eigenvalue weighted by Crippen LogP contribution is -2.60. The molecular formula is C6HCl2F9. The molecule has 0 bridgehead atoms. The van der Waals surface area contributed by atoms with Crippen LogP contribution in [0.15, 0.2) is 10.6 Å². The van der Waals surface area contributed by atoms with Crippen LogP contribution in [-0.4, -0.2) is 23.9 Å². The van der Waals surface area contributed by atoms with Gasteiger partial charge in [0.15, 0.2) is 0 Å². The smallest absolute Gasteiger partial charge is 0.193 e. The molecular weight excluding hydrogens is 314 g/mol. The van der Waals surface area contributed by atoms with Gasteiger partial charge < -0.3 is 0 Å². The summed E-state index contributed by atoms with van der Waals surface area (Å²) in [5.74, 6) is -19.7. The standard InChI is InChI=1S/C6HCl2F9/c7-1-2(8)3(9,10)4(11,12)5(13,14)6(15,16)17/h1H. The number of rotatable bonds is 3. The van der Waals surface area contributed by atoms with Gasteiger partial charge in [-0.15, -0.1) is 0 Å². The van der Waals surface area contributed by atoms with Crippen molar-refractivity contribution >= 4 is 23.2 Å². The third-order valence-electron chi connectivity index (χ3n) is 1.54. The largest absolute Gasteiger partial charge is 0.460 e. The van der Waals surface area contributed by atoms with E-state index in [0.29, 0.717) is 0 Å². The van der Waals surface area contributed by atoms with Gasteiger partial charge in [0.05, 0.1) is 0 Å². The first-order chi connectivity index (χ1) is 7.23. The molecule has 0 radical (unpaired) electrons. The van der Waals surface area contributed by atoms with E-state index in [-0.39, 0.29) is 0 Å². The second-order valence-corrected chi connectivity index (χ2v) is 3.30. The quantitative estimate of drug-likeness (QED) is 0.658. The van der Waals surface area contributed by atoms with Gasteiger partial charge in [0, 0.05) is 5.54 Å². The van der Waals surface area contributed by atoms with Crippen LogP contribution in [-0.2, 0) is 0 Å². The molecule has 0 aromatic carbocycles. The van der Waals surface area contributed by atoms with Crippen LogP contribution in [0, 0.1) is 0 Å². The molecule has 0 aliphatic carbocycles. The molecule has 17 heavy (non-hydrogen) atoms. The van der Waals surface area contributed by atoms with E-state index >= 15 is 0 Å². The Morgan fingerprint density at radius 2 is 1.12 bits per heavy atom. The fourth-order valence-corrected chi connectivity index (χ4v) is 0.849. The maximum Gasteiger partial charge on any atom is 0.460 e. The van der Waals surface area contributed by atoms with E-state index in [1.807, 2.05) is 0 Å². The van der Waals surface area contributed by atoms with E-state index in [9.17, 15) is 39.5 Å². The van der Waals surface area contributed by atoms with E-state index in [1.54, 1.807) is 0 Å². The van der Waals surface area contributed by atoms with Crippen molar-refractivity contribution in [3.05, 3.63) is 10.6 Å². The van der Waals surface area contributed by atoms with Gasteiger partial charge in [-0.2, -0.15) is 39.5 Å². The molecule has 0 aliphatic heterocycles. The molecule has 0 spiro atoms. The summed E-state index contributed by atoms with van der Waals surface area (Å²) in [5.41, 5.74) is -0.429. The number of hydrogen-bond donors (Lipinski definition) is 0. The average molecular weight is 315 g/mol. The Morgan fingerprint density at radius 1 is 0.765 bits per heavy atom. The van der Waals surface area contributed by atoms with Crippen molar-refractivity contribution in [1.82, 2.24) is 0 Å². The van der Waals surface area contributed by atoms with Crippen molar-refractivity contribution < 1.29 is 39.5 Å². The topological polar surface area (TPSA) is 0 Å². The van der Waals surface area contributed by atoms with Crippen molar-refractivity contribution in [3.63, 3.8) is 0 Å². The minimum atomic E-state index is -6.97. The summed E-state index contributed by atoms with van der Waals surface area (Å²) in [6.07, 6.45) is -6.87. The maximum atomic E-state index is 12.6. The van der Waals surface area contributed by atoms with E-state index in [4.69, 9.17) is 0 Å². The van der Waals surface area contributed by atoms with Crippen molar-refractivity contribution in [2.24, 2.45) is 0 Å². The number of hydrogen-bond acceptors (Lipinski definition) is 0. The third-order valence-corrected chi connectivity index (χ3v) is 2.22. The van der Waals surface area contributed by atoms with Gasteiger partial charge in [-0.05, 0) is 0 Å². The zero-order valence-electron chi connectivity index (χ0n) is 7.23. The summed E-state index contributed by atoms with van der Waals surface area (Å²) < 4.78 is 109. The summed E-state index contributed by atoms with van der Waals surface area (Å²) in [5, 5.41) is -2.34. The summed E-state index contributed by atoms with van der Waals surface area (Å²) in [7, 11) is 0. The second-order valence-electron chi connectivity index (χ2n) is 2.68. The molecule has 0 heterocycles. The van der Waals surface area contributed by atoms with Crippen LogP contribution < -0.4 is 0 Å². The van der Waals surface area contributed by atoms with Gasteiger partial charge >= 0.3 is 23.9 Å². The van der Waals surface area contributed by atoms with Gasteiger partial charge in [0.1, 0.15) is 5.03 Å². The van der Waals surface area contributed by atoms with Gasteiger partial charge in [-0.3, -0.25) is 0 Å². The molecule has 0 rings (SSSR count). The molecule has 0 fully saturated rings. The molecule has 0 N–H and O–H groups in total. The van der Waals surface area contributed by atoms with Crippen LogP contribution in [0.5, 0.6) is 0 Å². The molecule has 0 aromatic rings. The van der Waals surface area contributed by atoms with Crippen LogP contribution >= 0.6 is 23.2 Å². The highest BCUT2D eigenvalue weighted by Crippen LogP contribution is 2.55. The van der Waals surface area contributed by atoms with Crippen LogP contribution in [0.25, 0.3) is 0 Å². The van der Waals surface area contributed by atoms with Crippen molar-refractivity contribution in [3.8, 4) is 0 Å².